The Labute approximate surface area is 127 Å². The maximum absolute atomic E-state index is 10.5. The van der Waals surface area contributed by atoms with Gasteiger partial charge in [-0.15, -0.1) is 11.3 Å². The predicted molar refractivity (Wildman–Crippen MR) is 89.8 cm³/mol. The van der Waals surface area contributed by atoms with Gasteiger partial charge in [0.05, 0.1) is 0 Å². The van der Waals surface area contributed by atoms with Crippen molar-refractivity contribution in [3.05, 3.63) is 83.2 Å². The molecule has 4 rings (SSSR count). The van der Waals surface area contributed by atoms with Crippen molar-refractivity contribution in [1.29, 1.82) is 0 Å². The summed E-state index contributed by atoms with van der Waals surface area (Å²) in [7, 11) is 0. The highest BCUT2D eigenvalue weighted by Gasteiger charge is 2.13. The van der Waals surface area contributed by atoms with Crippen molar-refractivity contribution < 1.29 is 5.11 Å². The highest BCUT2D eigenvalue weighted by molar-refractivity contribution is 7.19. The third-order valence-corrected chi connectivity index (χ3v) is 4.94. The van der Waals surface area contributed by atoms with E-state index in [2.05, 4.69) is 42.5 Å². The van der Waals surface area contributed by atoms with Gasteiger partial charge >= 0.3 is 0 Å². The number of hydrogen-bond acceptors (Lipinski definition) is 2. The number of aliphatic hydroxyl groups is 1. The Morgan fingerprint density at radius 3 is 2.14 bits per heavy atom. The fourth-order valence-corrected chi connectivity index (χ4v) is 3.79. The maximum Gasteiger partial charge on any atom is 0.113 e. The topological polar surface area (TPSA) is 20.2 Å². The Morgan fingerprint density at radius 1 is 0.714 bits per heavy atom. The van der Waals surface area contributed by atoms with E-state index in [1.165, 1.54) is 20.9 Å². The van der Waals surface area contributed by atoms with Gasteiger partial charge < -0.3 is 5.11 Å². The summed E-state index contributed by atoms with van der Waals surface area (Å²) < 4.78 is 1.22. The third kappa shape index (κ3) is 2.23. The monoisotopic (exact) mass is 290 g/mol. The predicted octanol–water partition coefficient (Wildman–Crippen LogP) is 5.14. The van der Waals surface area contributed by atoms with Crippen LogP contribution < -0.4 is 0 Å². The molecule has 2 heteroatoms. The van der Waals surface area contributed by atoms with E-state index in [0.717, 1.165) is 10.4 Å². The molecule has 0 fully saturated rings. The van der Waals surface area contributed by atoms with Crippen LogP contribution in [0.15, 0.2) is 72.8 Å². The first-order valence-electron chi connectivity index (χ1n) is 6.96. The van der Waals surface area contributed by atoms with E-state index in [9.17, 15) is 5.11 Å². The number of rotatable bonds is 2. The molecule has 0 unspecified atom stereocenters. The van der Waals surface area contributed by atoms with Crippen LogP contribution in [0, 0.1) is 0 Å². The van der Waals surface area contributed by atoms with Crippen LogP contribution in [0.25, 0.3) is 20.9 Å². The molecule has 4 aromatic rings. The average Bonchev–Trinajstić information content (AvgIpc) is 2.95. The van der Waals surface area contributed by atoms with Crippen molar-refractivity contribution in [1.82, 2.24) is 0 Å². The van der Waals surface area contributed by atoms with Gasteiger partial charge in [0.1, 0.15) is 6.10 Å². The first-order chi connectivity index (χ1) is 10.3. The van der Waals surface area contributed by atoms with Gasteiger partial charge in [0.2, 0.25) is 0 Å². The minimum Gasteiger partial charge on any atom is -0.383 e. The molecule has 0 aliphatic heterocycles. The van der Waals surface area contributed by atoms with Crippen LogP contribution in [0.3, 0.4) is 0 Å². The van der Waals surface area contributed by atoms with Crippen molar-refractivity contribution in [2.24, 2.45) is 0 Å². The lowest BCUT2D eigenvalue weighted by Gasteiger charge is -2.07. The maximum atomic E-state index is 10.5. The van der Waals surface area contributed by atoms with Crippen LogP contribution in [0.4, 0.5) is 0 Å². The fourth-order valence-electron chi connectivity index (χ4n) is 2.68. The van der Waals surface area contributed by atoms with Crippen LogP contribution in [-0.2, 0) is 0 Å². The SMILES string of the molecule is O[C@H](c1ccccc1)c1cc2cc3ccccc3cc2s1. The summed E-state index contributed by atoms with van der Waals surface area (Å²) in [5, 5.41) is 14.2. The van der Waals surface area contributed by atoms with Gasteiger partial charge in [-0.05, 0) is 39.9 Å². The number of fused-ring (bicyclic) bond motifs is 2. The Bertz CT molecular complexity index is 856. The molecule has 0 saturated carbocycles. The van der Waals surface area contributed by atoms with Crippen molar-refractivity contribution in [3.8, 4) is 0 Å². The Kier molecular flexibility index (Phi) is 2.99. The van der Waals surface area contributed by atoms with Gasteiger partial charge in [0, 0.05) is 9.58 Å². The van der Waals surface area contributed by atoms with E-state index in [1.807, 2.05) is 30.3 Å². The lowest BCUT2D eigenvalue weighted by atomic mass is 10.1. The highest BCUT2D eigenvalue weighted by Crippen LogP contribution is 2.35. The van der Waals surface area contributed by atoms with Crippen LogP contribution in [0.2, 0.25) is 0 Å². The zero-order chi connectivity index (χ0) is 14.2. The average molecular weight is 290 g/mol. The van der Waals surface area contributed by atoms with Gasteiger partial charge in [-0.2, -0.15) is 0 Å². The molecule has 0 aliphatic rings. The van der Waals surface area contributed by atoms with Crippen molar-refractivity contribution in [2.75, 3.05) is 0 Å². The van der Waals surface area contributed by atoms with Crippen LogP contribution in [0.5, 0.6) is 0 Å². The van der Waals surface area contributed by atoms with Gasteiger partial charge in [-0.3, -0.25) is 0 Å². The summed E-state index contributed by atoms with van der Waals surface area (Å²) >= 11 is 1.67. The Balaban J connectivity index is 1.85. The van der Waals surface area contributed by atoms with Gasteiger partial charge in [0.25, 0.3) is 0 Å². The fraction of sp³-hybridized carbons (Fsp3) is 0.0526. The van der Waals surface area contributed by atoms with E-state index < -0.39 is 6.10 Å². The zero-order valence-corrected chi connectivity index (χ0v) is 12.2. The van der Waals surface area contributed by atoms with Crippen molar-refractivity contribution in [3.63, 3.8) is 0 Å². The van der Waals surface area contributed by atoms with E-state index in [0.29, 0.717) is 0 Å². The number of thiophene rings is 1. The summed E-state index contributed by atoms with van der Waals surface area (Å²) in [5.74, 6) is 0. The Morgan fingerprint density at radius 2 is 1.38 bits per heavy atom. The molecular weight excluding hydrogens is 276 g/mol. The van der Waals surface area contributed by atoms with E-state index in [1.54, 1.807) is 11.3 Å². The molecule has 1 heterocycles. The molecule has 3 aromatic carbocycles. The molecule has 0 amide bonds. The highest BCUT2D eigenvalue weighted by atomic mass is 32.1. The quantitative estimate of drug-likeness (QED) is 0.542. The number of hydrogen-bond donors (Lipinski definition) is 1. The molecule has 102 valence electrons. The lowest BCUT2D eigenvalue weighted by Crippen LogP contribution is -1.95. The van der Waals surface area contributed by atoms with Gasteiger partial charge in [-0.25, -0.2) is 0 Å². The molecule has 0 bridgehead atoms. The molecule has 0 spiro atoms. The summed E-state index contributed by atoms with van der Waals surface area (Å²) in [6.45, 7) is 0. The summed E-state index contributed by atoms with van der Waals surface area (Å²) in [5.41, 5.74) is 0.939. The second-order valence-electron chi connectivity index (χ2n) is 5.20. The molecule has 0 aliphatic carbocycles. The van der Waals surface area contributed by atoms with Crippen molar-refractivity contribution >= 4 is 32.2 Å². The second-order valence-corrected chi connectivity index (χ2v) is 6.31. The summed E-state index contributed by atoms with van der Waals surface area (Å²) in [6, 6.07) is 24.7. The lowest BCUT2D eigenvalue weighted by molar-refractivity contribution is 0.224. The van der Waals surface area contributed by atoms with E-state index in [-0.39, 0.29) is 0 Å². The number of benzene rings is 3. The molecule has 1 atom stereocenters. The minimum absolute atomic E-state index is 0.549. The van der Waals surface area contributed by atoms with Crippen LogP contribution in [0.1, 0.15) is 16.5 Å². The van der Waals surface area contributed by atoms with E-state index in [4.69, 9.17) is 0 Å². The minimum atomic E-state index is -0.549. The normalized spacial score (nSPS) is 12.8. The zero-order valence-electron chi connectivity index (χ0n) is 11.4. The van der Waals surface area contributed by atoms with Crippen LogP contribution in [-0.4, -0.2) is 5.11 Å². The van der Waals surface area contributed by atoms with Gasteiger partial charge in [-0.1, -0.05) is 54.6 Å². The largest absolute Gasteiger partial charge is 0.383 e. The van der Waals surface area contributed by atoms with E-state index >= 15 is 0 Å². The molecule has 1 aromatic heterocycles. The first kappa shape index (κ1) is 12.6. The first-order valence-corrected chi connectivity index (χ1v) is 7.78. The molecule has 21 heavy (non-hydrogen) atoms. The number of aliphatic hydroxyl groups excluding tert-OH is 1. The van der Waals surface area contributed by atoms with Crippen LogP contribution >= 0.6 is 11.3 Å². The third-order valence-electron chi connectivity index (χ3n) is 3.79. The standard InChI is InChI=1S/C19H14OS/c20-19(13-6-2-1-3-7-13)18-12-16-10-14-8-4-5-9-15(14)11-17(16)21-18/h1-12,19-20H/t19-/m1/s1. The Hall–Kier alpha value is -2.16. The summed E-state index contributed by atoms with van der Waals surface area (Å²) in [6.07, 6.45) is -0.549. The van der Waals surface area contributed by atoms with Gasteiger partial charge in [0.15, 0.2) is 0 Å². The molecule has 0 radical (unpaired) electrons. The molecule has 0 saturated heterocycles. The molecular formula is C19H14OS. The molecule has 1 N–H and O–H groups in total. The second kappa shape index (κ2) is 4.99. The smallest absolute Gasteiger partial charge is 0.113 e. The van der Waals surface area contributed by atoms with Crippen molar-refractivity contribution in [2.45, 2.75) is 6.10 Å². The molecule has 1 nitrogen and oxygen atoms in total. The summed E-state index contributed by atoms with van der Waals surface area (Å²) in [4.78, 5) is 0.992.